The third kappa shape index (κ3) is 5.08. The Morgan fingerprint density at radius 3 is 2.14 bits per heavy atom. The van der Waals surface area contributed by atoms with Crippen molar-refractivity contribution in [1.29, 1.82) is 0 Å². The number of nitrogens with one attached hydrogen (secondary N) is 1. The first-order chi connectivity index (χ1) is 13.5. The molecule has 0 saturated heterocycles. The predicted molar refractivity (Wildman–Crippen MR) is 119 cm³/mol. The summed E-state index contributed by atoms with van der Waals surface area (Å²) in [5.41, 5.74) is 1.91. The number of aromatic nitrogens is 1. The van der Waals surface area contributed by atoms with Crippen LogP contribution >= 0.6 is 12.2 Å². The zero-order chi connectivity index (χ0) is 19.9. The molecule has 0 radical (unpaired) electrons. The lowest BCUT2D eigenvalue weighted by Gasteiger charge is -2.35. The highest BCUT2D eigenvalue weighted by molar-refractivity contribution is 7.80. The van der Waals surface area contributed by atoms with Crippen LogP contribution in [-0.2, 0) is 0 Å². The second-order valence-electron chi connectivity index (χ2n) is 6.80. The molecule has 2 aromatic carbocycles. The maximum Gasteiger partial charge on any atom is 0.174 e. The minimum atomic E-state index is 0.0712. The van der Waals surface area contributed by atoms with Crippen molar-refractivity contribution in [3.05, 3.63) is 84.7 Å². The van der Waals surface area contributed by atoms with E-state index >= 15 is 0 Å². The third-order valence-corrected chi connectivity index (χ3v) is 4.72. The summed E-state index contributed by atoms with van der Waals surface area (Å²) in [6, 6.07) is 23.8. The summed E-state index contributed by atoms with van der Waals surface area (Å²) in [6.07, 6.45) is 1.81. The average Bonchev–Trinajstić information content (AvgIpc) is 2.71. The summed E-state index contributed by atoms with van der Waals surface area (Å²) < 4.78 is 5.84. The fourth-order valence-corrected chi connectivity index (χ4v) is 3.53. The summed E-state index contributed by atoms with van der Waals surface area (Å²) in [4.78, 5) is 6.64. The van der Waals surface area contributed by atoms with E-state index in [0.29, 0.717) is 5.11 Å². The highest BCUT2D eigenvalue weighted by atomic mass is 32.1. The number of anilines is 1. The molecule has 0 aliphatic rings. The molecule has 0 amide bonds. The molecule has 0 saturated carbocycles. The molecule has 1 heterocycles. The molecule has 0 bridgehead atoms. The zero-order valence-corrected chi connectivity index (χ0v) is 17.2. The van der Waals surface area contributed by atoms with Gasteiger partial charge in [0.1, 0.15) is 11.5 Å². The van der Waals surface area contributed by atoms with Crippen molar-refractivity contribution in [3.63, 3.8) is 0 Å². The van der Waals surface area contributed by atoms with Gasteiger partial charge in [0.15, 0.2) is 5.11 Å². The molecule has 28 heavy (non-hydrogen) atoms. The predicted octanol–water partition coefficient (Wildman–Crippen LogP) is 6.04. The fourth-order valence-electron chi connectivity index (χ4n) is 3.04. The van der Waals surface area contributed by atoms with E-state index in [1.807, 2.05) is 79.0 Å². The van der Waals surface area contributed by atoms with Crippen LogP contribution in [0.15, 0.2) is 79.0 Å². The Hall–Kier alpha value is -2.92. The minimum Gasteiger partial charge on any atom is -0.457 e. The molecular formula is C23H25N3OS. The molecule has 1 aromatic heterocycles. The number of rotatable bonds is 6. The van der Waals surface area contributed by atoms with E-state index in [9.17, 15) is 0 Å². The van der Waals surface area contributed by atoms with Crippen LogP contribution in [-0.4, -0.2) is 21.0 Å². The van der Waals surface area contributed by atoms with E-state index in [0.717, 1.165) is 22.9 Å². The normalized spacial score (nSPS) is 11.7. The Morgan fingerprint density at radius 1 is 0.893 bits per heavy atom. The Morgan fingerprint density at radius 2 is 1.54 bits per heavy atom. The molecule has 0 spiro atoms. The van der Waals surface area contributed by atoms with E-state index in [1.54, 1.807) is 0 Å². The van der Waals surface area contributed by atoms with Crippen molar-refractivity contribution >= 4 is 23.0 Å². The van der Waals surface area contributed by atoms with Crippen molar-refractivity contribution in [2.24, 2.45) is 0 Å². The van der Waals surface area contributed by atoms with Gasteiger partial charge in [0.25, 0.3) is 0 Å². The molecule has 4 nitrogen and oxygen atoms in total. The van der Waals surface area contributed by atoms with Gasteiger partial charge in [-0.2, -0.15) is 0 Å². The van der Waals surface area contributed by atoms with Crippen molar-refractivity contribution in [2.45, 2.75) is 32.9 Å². The van der Waals surface area contributed by atoms with E-state index in [1.165, 1.54) is 0 Å². The van der Waals surface area contributed by atoms with Gasteiger partial charge in [0, 0.05) is 17.9 Å². The van der Waals surface area contributed by atoms with E-state index < -0.39 is 0 Å². The van der Waals surface area contributed by atoms with Crippen LogP contribution in [0.3, 0.4) is 0 Å². The molecule has 1 atom stereocenters. The highest BCUT2D eigenvalue weighted by Gasteiger charge is 2.22. The number of thiocarbonyl (C=S) groups is 1. The van der Waals surface area contributed by atoms with Crippen molar-refractivity contribution in [2.75, 3.05) is 5.32 Å². The quantitative estimate of drug-likeness (QED) is 0.518. The molecule has 1 unspecified atom stereocenters. The van der Waals surface area contributed by atoms with E-state index in [2.05, 4.69) is 36.0 Å². The van der Waals surface area contributed by atoms with Crippen molar-refractivity contribution in [3.8, 4) is 11.5 Å². The maximum atomic E-state index is 5.84. The van der Waals surface area contributed by atoms with Gasteiger partial charge in [-0.25, -0.2) is 0 Å². The largest absolute Gasteiger partial charge is 0.457 e. The second kappa shape index (κ2) is 9.33. The third-order valence-electron chi connectivity index (χ3n) is 4.41. The maximum absolute atomic E-state index is 5.84. The topological polar surface area (TPSA) is 37.4 Å². The summed E-state index contributed by atoms with van der Waals surface area (Å²) in [6.45, 7) is 6.38. The molecule has 5 heteroatoms. The van der Waals surface area contributed by atoms with Crippen LogP contribution in [0.2, 0.25) is 0 Å². The molecular weight excluding hydrogens is 366 g/mol. The number of para-hydroxylation sites is 1. The van der Waals surface area contributed by atoms with Gasteiger partial charge in [-0.1, -0.05) is 24.3 Å². The Balaban J connectivity index is 1.68. The SMILES string of the molecule is CC(C)N(C(=S)Nc1ccc(Oc2ccccc2)cc1)C(C)c1ccccn1. The van der Waals surface area contributed by atoms with Crippen LogP contribution in [0.5, 0.6) is 11.5 Å². The van der Waals surface area contributed by atoms with E-state index in [4.69, 9.17) is 17.0 Å². The monoisotopic (exact) mass is 391 g/mol. The first-order valence-corrected chi connectivity index (χ1v) is 9.78. The van der Waals surface area contributed by atoms with Gasteiger partial charge in [0.2, 0.25) is 0 Å². The number of nitrogens with zero attached hydrogens (tertiary/aromatic N) is 2. The first-order valence-electron chi connectivity index (χ1n) is 9.38. The lowest BCUT2D eigenvalue weighted by Crippen LogP contribution is -2.41. The van der Waals surface area contributed by atoms with Gasteiger partial charge >= 0.3 is 0 Å². The smallest absolute Gasteiger partial charge is 0.174 e. The van der Waals surface area contributed by atoms with Gasteiger partial charge in [-0.3, -0.25) is 4.98 Å². The number of hydrogen-bond donors (Lipinski definition) is 1. The summed E-state index contributed by atoms with van der Waals surface area (Å²) in [5.74, 6) is 1.60. The van der Waals surface area contributed by atoms with Crippen molar-refractivity contribution < 1.29 is 4.74 Å². The molecule has 3 aromatic rings. The van der Waals surface area contributed by atoms with Crippen LogP contribution < -0.4 is 10.1 Å². The minimum absolute atomic E-state index is 0.0712. The Kier molecular flexibility index (Phi) is 6.61. The molecule has 0 fully saturated rings. The summed E-state index contributed by atoms with van der Waals surface area (Å²) >= 11 is 5.70. The summed E-state index contributed by atoms with van der Waals surface area (Å²) in [7, 11) is 0. The van der Waals surface area contributed by atoms with Gasteiger partial charge in [-0.05, 0) is 81.5 Å². The zero-order valence-electron chi connectivity index (χ0n) is 16.4. The highest BCUT2D eigenvalue weighted by Crippen LogP contribution is 2.25. The summed E-state index contributed by atoms with van der Waals surface area (Å²) in [5, 5.41) is 4.01. The molecule has 1 N–H and O–H groups in total. The number of benzene rings is 2. The van der Waals surface area contributed by atoms with Gasteiger partial charge < -0.3 is 15.0 Å². The lowest BCUT2D eigenvalue weighted by molar-refractivity contribution is 0.280. The number of pyridine rings is 1. The molecule has 3 rings (SSSR count). The average molecular weight is 392 g/mol. The standard InChI is InChI=1S/C23H25N3OS/c1-17(2)26(18(3)22-11-7-8-16-24-22)23(28)25-19-12-14-21(15-13-19)27-20-9-5-4-6-10-20/h4-18H,1-3H3,(H,25,28). The molecule has 144 valence electrons. The lowest BCUT2D eigenvalue weighted by atomic mass is 10.1. The first kappa shape index (κ1) is 19.8. The fraction of sp³-hybridized carbons (Fsp3) is 0.217. The number of ether oxygens (including phenoxy) is 1. The second-order valence-corrected chi connectivity index (χ2v) is 7.19. The molecule has 0 aliphatic heterocycles. The van der Waals surface area contributed by atoms with Crippen LogP contribution in [0.4, 0.5) is 5.69 Å². The molecule has 0 aliphatic carbocycles. The number of hydrogen-bond acceptors (Lipinski definition) is 3. The Bertz CT molecular complexity index is 883. The van der Waals surface area contributed by atoms with Crippen LogP contribution in [0, 0.1) is 0 Å². The van der Waals surface area contributed by atoms with Gasteiger partial charge in [-0.15, -0.1) is 0 Å². The van der Waals surface area contributed by atoms with Crippen LogP contribution in [0.1, 0.15) is 32.5 Å². The van der Waals surface area contributed by atoms with Gasteiger partial charge in [0.05, 0.1) is 11.7 Å². The Labute approximate surface area is 172 Å². The van der Waals surface area contributed by atoms with E-state index in [-0.39, 0.29) is 12.1 Å². The van der Waals surface area contributed by atoms with Crippen LogP contribution in [0.25, 0.3) is 0 Å². The van der Waals surface area contributed by atoms with Crippen molar-refractivity contribution in [1.82, 2.24) is 9.88 Å².